The van der Waals surface area contributed by atoms with Gasteiger partial charge >= 0.3 is 0 Å². The van der Waals surface area contributed by atoms with Crippen LogP contribution >= 0.6 is 0 Å². The molecule has 0 bridgehead atoms. The highest BCUT2D eigenvalue weighted by Crippen LogP contribution is 2.06. The smallest absolute Gasteiger partial charge is 0.277 e. The summed E-state index contributed by atoms with van der Waals surface area (Å²) in [5.41, 5.74) is 5.89. The van der Waals surface area contributed by atoms with E-state index in [1.165, 1.54) is 23.1 Å². The van der Waals surface area contributed by atoms with Crippen molar-refractivity contribution in [1.29, 1.82) is 0 Å². The SMILES string of the molecule is NCCn1cc(C(=O)Nc2ccc(F)nc2)nn1. The van der Waals surface area contributed by atoms with Gasteiger partial charge in [-0.05, 0) is 12.1 Å². The molecule has 7 nitrogen and oxygen atoms in total. The molecule has 0 aliphatic rings. The van der Waals surface area contributed by atoms with E-state index in [-0.39, 0.29) is 5.69 Å². The number of pyridine rings is 1. The lowest BCUT2D eigenvalue weighted by Crippen LogP contribution is -2.13. The number of carbonyl (C=O) groups excluding carboxylic acids is 1. The lowest BCUT2D eigenvalue weighted by Gasteiger charge is -2.01. The summed E-state index contributed by atoms with van der Waals surface area (Å²) in [5, 5.41) is 9.96. The fourth-order valence-corrected chi connectivity index (χ4v) is 1.29. The number of rotatable bonds is 4. The molecular weight excluding hydrogens is 239 g/mol. The Balaban J connectivity index is 2.04. The first-order valence-corrected chi connectivity index (χ1v) is 5.22. The number of aromatic nitrogens is 4. The average Bonchev–Trinajstić information content (AvgIpc) is 2.81. The summed E-state index contributed by atoms with van der Waals surface area (Å²) in [4.78, 5) is 15.2. The van der Waals surface area contributed by atoms with Crippen molar-refractivity contribution in [3.63, 3.8) is 0 Å². The summed E-state index contributed by atoms with van der Waals surface area (Å²) < 4.78 is 14.0. The zero-order chi connectivity index (χ0) is 13.0. The molecule has 2 aromatic rings. The van der Waals surface area contributed by atoms with Crippen molar-refractivity contribution < 1.29 is 9.18 Å². The third-order valence-electron chi connectivity index (χ3n) is 2.11. The number of anilines is 1. The van der Waals surface area contributed by atoms with Crippen LogP contribution in [0, 0.1) is 5.95 Å². The molecule has 0 aliphatic heterocycles. The van der Waals surface area contributed by atoms with E-state index in [9.17, 15) is 9.18 Å². The second-order valence-corrected chi connectivity index (χ2v) is 3.48. The predicted molar refractivity (Wildman–Crippen MR) is 61.2 cm³/mol. The van der Waals surface area contributed by atoms with Crippen molar-refractivity contribution in [2.24, 2.45) is 5.73 Å². The quantitative estimate of drug-likeness (QED) is 0.745. The van der Waals surface area contributed by atoms with Gasteiger partial charge in [0.1, 0.15) is 0 Å². The maximum Gasteiger partial charge on any atom is 0.277 e. The molecular formula is C10H11FN6O. The fourth-order valence-electron chi connectivity index (χ4n) is 1.29. The van der Waals surface area contributed by atoms with Gasteiger partial charge in [-0.25, -0.2) is 4.98 Å². The highest BCUT2D eigenvalue weighted by Gasteiger charge is 2.10. The molecule has 0 saturated carbocycles. The van der Waals surface area contributed by atoms with Crippen LogP contribution in [0.15, 0.2) is 24.5 Å². The molecule has 18 heavy (non-hydrogen) atoms. The molecule has 2 heterocycles. The minimum Gasteiger partial charge on any atom is -0.329 e. The Hall–Kier alpha value is -2.35. The molecule has 3 N–H and O–H groups in total. The van der Waals surface area contributed by atoms with Gasteiger partial charge in [0.2, 0.25) is 5.95 Å². The van der Waals surface area contributed by atoms with Crippen LogP contribution in [-0.4, -0.2) is 32.4 Å². The molecule has 8 heteroatoms. The van der Waals surface area contributed by atoms with Crippen molar-refractivity contribution in [3.8, 4) is 0 Å². The van der Waals surface area contributed by atoms with Gasteiger partial charge in [-0.2, -0.15) is 4.39 Å². The Morgan fingerprint density at radius 3 is 3.00 bits per heavy atom. The fraction of sp³-hybridized carbons (Fsp3) is 0.200. The largest absolute Gasteiger partial charge is 0.329 e. The standard InChI is InChI=1S/C10H11FN6O/c11-9-2-1-7(5-13-9)14-10(18)8-6-17(4-3-12)16-15-8/h1-2,5-6H,3-4,12H2,(H,14,18). The van der Waals surface area contributed by atoms with E-state index in [1.807, 2.05) is 0 Å². The van der Waals surface area contributed by atoms with Crippen LogP contribution in [0.3, 0.4) is 0 Å². The number of hydrogen-bond acceptors (Lipinski definition) is 5. The van der Waals surface area contributed by atoms with Crippen LogP contribution in [-0.2, 0) is 6.54 Å². The van der Waals surface area contributed by atoms with Crippen molar-refractivity contribution >= 4 is 11.6 Å². The maximum atomic E-state index is 12.6. The molecule has 0 radical (unpaired) electrons. The van der Waals surface area contributed by atoms with Crippen LogP contribution in [0.2, 0.25) is 0 Å². The lowest BCUT2D eigenvalue weighted by molar-refractivity contribution is 0.102. The van der Waals surface area contributed by atoms with Crippen LogP contribution in [0.4, 0.5) is 10.1 Å². The van der Waals surface area contributed by atoms with Crippen molar-refractivity contribution in [2.75, 3.05) is 11.9 Å². The predicted octanol–water partition coefficient (Wildman–Crippen LogP) is 0.0232. The Morgan fingerprint density at radius 2 is 2.33 bits per heavy atom. The molecule has 0 spiro atoms. The van der Waals surface area contributed by atoms with Gasteiger partial charge < -0.3 is 11.1 Å². The molecule has 0 aliphatic carbocycles. The summed E-state index contributed by atoms with van der Waals surface area (Å²) in [6, 6.07) is 2.56. The Kier molecular flexibility index (Phi) is 3.58. The van der Waals surface area contributed by atoms with Gasteiger partial charge in [-0.3, -0.25) is 9.48 Å². The minimum absolute atomic E-state index is 0.160. The second kappa shape index (κ2) is 5.32. The van der Waals surface area contributed by atoms with E-state index in [0.717, 1.165) is 6.07 Å². The van der Waals surface area contributed by atoms with E-state index >= 15 is 0 Å². The van der Waals surface area contributed by atoms with Gasteiger partial charge in [0.15, 0.2) is 5.69 Å². The van der Waals surface area contributed by atoms with Gasteiger partial charge in [0.05, 0.1) is 24.6 Å². The third-order valence-corrected chi connectivity index (χ3v) is 2.11. The normalized spacial score (nSPS) is 10.3. The summed E-state index contributed by atoms with van der Waals surface area (Å²) in [6.07, 6.45) is 2.71. The first kappa shape index (κ1) is 12.1. The molecule has 0 atom stereocenters. The van der Waals surface area contributed by atoms with Gasteiger partial charge in [-0.1, -0.05) is 5.21 Å². The topological polar surface area (TPSA) is 98.7 Å². The number of hydrogen-bond donors (Lipinski definition) is 2. The molecule has 2 aromatic heterocycles. The van der Waals surface area contributed by atoms with Crippen LogP contribution < -0.4 is 11.1 Å². The number of nitrogens with two attached hydrogens (primary N) is 1. The van der Waals surface area contributed by atoms with Gasteiger partial charge in [0.25, 0.3) is 5.91 Å². The number of halogens is 1. The van der Waals surface area contributed by atoms with Gasteiger partial charge in [-0.15, -0.1) is 5.10 Å². The summed E-state index contributed by atoms with van der Waals surface area (Å²) in [5.74, 6) is -1.05. The molecule has 94 valence electrons. The third kappa shape index (κ3) is 2.86. The maximum absolute atomic E-state index is 12.6. The van der Waals surface area contributed by atoms with E-state index in [2.05, 4.69) is 20.6 Å². The zero-order valence-corrected chi connectivity index (χ0v) is 9.38. The Labute approximate surface area is 102 Å². The zero-order valence-electron chi connectivity index (χ0n) is 9.38. The van der Waals surface area contributed by atoms with Gasteiger partial charge in [0, 0.05) is 6.54 Å². The van der Waals surface area contributed by atoms with E-state index in [1.54, 1.807) is 0 Å². The highest BCUT2D eigenvalue weighted by atomic mass is 19.1. The summed E-state index contributed by atoms with van der Waals surface area (Å²) in [7, 11) is 0. The lowest BCUT2D eigenvalue weighted by atomic mass is 10.4. The van der Waals surface area contributed by atoms with Crippen LogP contribution in [0.25, 0.3) is 0 Å². The molecule has 2 rings (SSSR count). The molecule has 0 unspecified atom stereocenters. The summed E-state index contributed by atoms with van der Waals surface area (Å²) in [6.45, 7) is 0.894. The molecule has 1 amide bonds. The Morgan fingerprint density at radius 1 is 1.50 bits per heavy atom. The van der Waals surface area contributed by atoms with E-state index in [0.29, 0.717) is 18.8 Å². The second-order valence-electron chi connectivity index (χ2n) is 3.48. The van der Waals surface area contributed by atoms with Crippen molar-refractivity contribution in [3.05, 3.63) is 36.2 Å². The molecule has 0 aromatic carbocycles. The monoisotopic (exact) mass is 250 g/mol. The number of amides is 1. The Bertz CT molecular complexity index is 538. The molecule has 0 saturated heterocycles. The first-order chi connectivity index (χ1) is 8.69. The number of nitrogens with one attached hydrogen (secondary N) is 1. The van der Waals surface area contributed by atoms with Crippen molar-refractivity contribution in [2.45, 2.75) is 6.54 Å². The van der Waals surface area contributed by atoms with E-state index < -0.39 is 11.9 Å². The van der Waals surface area contributed by atoms with Crippen LogP contribution in [0.5, 0.6) is 0 Å². The van der Waals surface area contributed by atoms with Crippen LogP contribution in [0.1, 0.15) is 10.5 Å². The number of nitrogens with zero attached hydrogens (tertiary/aromatic N) is 4. The highest BCUT2D eigenvalue weighted by molar-refractivity contribution is 6.02. The molecule has 0 fully saturated rings. The average molecular weight is 250 g/mol. The van der Waals surface area contributed by atoms with Crippen molar-refractivity contribution in [1.82, 2.24) is 20.0 Å². The minimum atomic E-state index is -0.609. The number of carbonyl (C=O) groups is 1. The summed E-state index contributed by atoms with van der Waals surface area (Å²) >= 11 is 0. The first-order valence-electron chi connectivity index (χ1n) is 5.22. The van der Waals surface area contributed by atoms with E-state index in [4.69, 9.17) is 5.73 Å².